The van der Waals surface area contributed by atoms with Crippen molar-refractivity contribution in [2.75, 3.05) is 13.6 Å². The van der Waals surface area contributed by atoms with Crippen LogP contribution in [0.25, 0.3) is 0 Å². The molecule has 0 unspecified atom stereocenters. The van der Waals surface area contributed by atoms with Crippen molar-refractivity contribution in [1.82, 2.24) is 4.31 Å². The fourth-order valence-corrected chi connectivity index (χ4v) is 4.69. The monoisotopic (exact) mass is 360 g/mol. The molecule has 0 saturated heterocycles. The van der Waals surface area contributed by atoms with Gasteiger partial charge in [0, 0.05) is 24.6 Å². The first-order valence-electron chi connectivity index (χ1n) is 6.81. The van der Waals surface area contributed by atoms with E-state index in [4.69, 9.17) is 5.73 Å². The number of benzene rings is 1. The predicted octanol–water partition coefficient (Wildman–Crippen LogP) is 2.64. The largest absolute Gasteiger partial charge is 0.326 e. The molecule has 0 spiro atoms. The standard InChI is InChI=1S/C14H21BrN2O2S/c1-10-6-12(8-16)7-13(14(10)15)20(18,19)17(2)9-11-4-3-5-11/h6-7,11H,3-5,8-9,16H2,1-2H3. The molecular formula is C14H21BrN2O2S. The molecule has 0 amide bonds. The van der Waals surface area contributed by atoms with Crippen LogP contribution in [0, 0.1) is 12.8 Å². The molecule has 2 N–H and O–H groups in total. The topological polar surface area (TPSA) is 63.4 Å². The first-order chi connectivity index (χ1) is 9.36. The minimum atomic E-state index is -3.47. The summed E-state index contributed by atoms with van der Waals surface area (Å²) in [5.41, 5.74) is 7.37. The number of hydrogen-bond donors (Lipinski definition) is 1. The number of rotatable bonds is 5. The number of halogens is 1. The lowest BCUT2D eigenvalue weighted by molar-refractivity contribution is 0.263. The summed E-state index contributed by atoms with van der Waals surface area (Å²) in [5, 5.41) is 0. The van der Waals surface area contributed by atoms with Gasteiger partial charge in [-0.15, -0.1) is 0 Å². The summed E-state index contributed by atoms with van der Waals surface area (Å²) in [7, 11) is -1.81. The van der Waals surface area contributed by atoms with Crippen LogP contribution in [0.1, 0.15) is 30.4 Å². The molecule has 4 nitrogen and oxygen atoms in total. The smallest absolute Gasteiger partial charge is 0.243 e. The fourth-order valence-electron chi connectivity index (χ4n) is 2.42. The van der Waals surface area contributed by atoms with Crippen LogP contribution >= 0.6 is 15.9 Å². The molecule has 0 aliphatic heterocycles. The average Bonchev–Trinajstić information content (AvgIpc) is 2.36. The first-order valence-corrected chi connectivity index (χ1v) is 9.05. The molecule has 0 atom stereocenters. The summed E-state index contributed by atoms with van der Waals surface area (Å²) in [5.74, 6) is 0.507. The van der Waals surface area contributed by atoms with Gasteiger partial charge < -0.3 is 5.73 Å². The quantitative estimate of drug-likeness (QED) is 0.877. The number of aryl methyl sites for hydroxylation is 1. The van der Waals surface area contributed by atoms with Crippen LogP contribution in [0.5, 0.6) is 0 Å². The van der Waals surface area contributed by atoms with Gasteiger partial charge in [0.25, 0.3) is 0 Å². The Hall–Kier alpha value is -0.430. The molecule has 1 aromatic carbocycles. The second-order valence-electron chi connectivity index (χ2n) is 5.51. The summed E-state index contributed by atoms with van der Waals surface area (Å²) in [4.78, 5) is 0.319. The number of sulfonamides is 1. The van der Waals surface area contributed by atoms with E-state index >= 15 is 0 Å². The van der Waals surface area contributed by atoms with E-state index in [1.807, 2.05) is 13.0 Å². The Morgan fingerprint density at radius 1 is 1.40 bits per heavy atom. The van der Waals surface area contributed by atoms with Crippen molar-refractivity contribution in [3.63, 3.8) is 0 Å². The predicted molar refractivity (Wildman–Crippen MR) is 83.9 cm³/mol. The van der Waals surface area contributed by atoms with E-state index in [0.717, 1.165) is 24.0 Å². The highest BCUT2D eigenvalue weighted by Gasteiger charge is 2.28. The molecule has 112 valence electrons. The van der Waals surface area contributed by atoms with E-state index in [1.54, 1.807) is 13.1 Å². The van der Waals surface area contributed by atoms with E-state index in [2.05, 4.69) is 15.9 Å². The van der Waals surface area contributed by atoms with Crippen LogP contribution < -0.4 is 5.73 Å². The Kier molecular flexibility index (Phi) is 4.89. The molecule has 0 radical (unpaired) electrons. The summed E-state index contributed by atoms with van der Waals surface area (Å²) < 4.78 is 27.5. The van der Waals surface area contributed by atoms with Crippen LogP contribution in [-0.2, 0) is 16.6 Å². The van der Waals surface area contributed by atoms with Crippen molar-refractivity contribution >= 4 is 26.0 Å². The summed E-state index contributed by atoms with van der Waals surface area (Å²) in [6, 6.07) is 3.58. The maximum absolute atomic E-state index is 12.7. The van der Waals surface area contributed by atoms with Crippen LogP contribution in [0.4, 0.5) is 0 Å². The van der Waals surface area contributed by atoms with Gasteiger partial charge in [0.05, 0.1) is 4.90 Å². The number of hydrogen-bond acceptors (Lipinski definition) is 3. The zero-order valence-electron chi connectivity index (χ0n) is 11.9. The second-order valence-corrected chi connectivity index (χ2v) is 8.32. The SMILES string of the molecule is Cc1cc(CN)cc(S(=O)(=O)N(C)CC2CCC2)c1Br. The number of nitrogens with two attached hydrogens (primary N) is 1. The van der Waals surface area contributed by atoms with Crippen LogP contribution in [0.3, 0.4) is 0 Å². The van der Waals surface area contributed by atoms with Gasteiger partial charge in [0.15, 0.2) is 0 Å². The van der Waals surface area contributed by atoms with Gasteiger partial charge in [0.1, 0.15) is 0 Å². The molecule has 0 heterocycles. The molecule has 0 bridgehead atoms. The lowest BCUT2D eigenvalue weighted by atomic mass is 9.86. The van der Waals surface area contributed by atoms with Crippen molar-refractivity contribution in [3.8, 4) is 0 Å². The average molecular weight is 361 g/mol. The molecule has 0 aromatic heterocycles. The van der Waals surface area contributed by atoms with Gasteiger partial charge in [-0.05, 0) is 58.8 Å². The van der Waals surface area contributed by atoms with Crippen molar-refractivity contribution < 1.29 is 8.42 Å². The van der Waals surface area contributed by atoms with Crippen LogP contribution in [0.2, 0.25) is 0 Å². The van der Waals surface area contributed by atoms with Gasteiger partial charge >= 0.3 is 0 Å². The zero-order chi connectivity index (χ0) is 14.9. The van der Waals surface area contributed by atoms with Gasteiger partial charge in [0.2, 0.25) is 10.0 Å². The molecule has 20 heavy (non-hydrogen) atoms. The van der Waals surface area contributed by atoms with Crippen molar-refractivity contribution in [3.05, 3.63) is 27.7 Å². The molecule has 1 aliphatic rings. The molecule has 1 saturated carbocycles. The Bertz CT molecular complexity index is 597. The Morgan fingerprint density at radius 2 is 2.05 bits per heavy atom. The number of nitrogens with zero attached hydrogens (tertiary/aromatic N) is 1. The molecule has 2 rings (SSSR count). The van der Waals surface area contributed by atoms with Crippen molar-refractivity contribution in [1.29, 1.82) is 0 Å². The maximum atomic E-state index is 12.7. The van der Waals surface area contributed by atoms with E-state index in [1.165, 1.54) is 10.7 Å². The highest BCUT2D eigenvalue weighted by Crippen LogP contribution is 2.32. The minimum Gasteiger partial charge on any atom is -0.326 e. The van der Waals surface area contributed by atoms with Gasteiger partial charge in [-0.3, -0.25) is 0 Å². The summed E-state index contributed by atoms with van der Waals surface area (Å²) in [6.07, 6.45) is 3.47. The Morgan fingerprint density at radius 3 is 2.55 bits per heavy atom. The van der Waals surface area contributed by atoms with Crippen LogP contribution in [-0.4, -0.2) is 26.3 Å². The van der Waals surface area contributed by atoms with E-state index in [-0.39, 0.29) is 0 Å². The maximum Gasteiger partial charge on any atom is 0.243 e. The van der Waals surface area contributed by atoms with E-state index in [9.17, 15) is 8.42 Å². The second kappa shape index (κ2) is 6.13. The molecule has 1 fully saturated rings. The lowest BCUT2D eigenvalue weighted by Crippen LogP contribution is -2.34. The first kappa shape index (κ1) is 15.9. The van der Waals surface area contributed by atoms with Gasteiger partial charge in [-0.25, -0.2) is 12.7 Å². The third kappa shape index (κ3) is 3.08. The summed E-state index contributed by atoms with van der Waals surface area (Å²) >= 11 is 3.40. The highest BCUT2D eigenvalue weighted by atomic mass is 79.9. The van der Waals surface area contributed by atoms with E-state index in [0.29, 0.717) is 28.4 Å². The third-order valence-corrected chi connectivity index (χ3v) is 7.11. The summed E-state index contributed by atoms with van der Waals surface area (Å²) in [6.45, 7) is 2.82. The molecular weight excluding hydrogens is 340 g/mol. The van der Waals surface area contributed by atoms with Gasteiger partial charge in [-0.1, -0.05) is 12.5 Å². The highest BCUT2D eigenvalue weighted by molar-refractivity contribution is 9.10. The van der Waals surface area contributed by atoms with Gasteiger partial charge in [-0.2, -0.15) is 0 Å². The third-order valence-electron chi connectivity index (χ3n) is 3.94. The Labute approximate surface area is 129 Å². The molecule has 1 aromatic rings. The van der Waals surface area contributed by atoms with Crippen molar-refractivity contribution in [2.24, 2.45) is 11.7 Å². The van der Waals surface area contributed by atoms with E-state index < -0.39 is 10.0 Å². The lowest BCUT2D eigenvalue weighted by Gasteiger charge is -2.30. The Balaban J connectivity index is 2.34. The van der Waals surface area contributed by atoms with Crippen LogP contribution in [0.15, 0.2) is 21.5 Å². The molecule has 6 heteroatoms. The van der Waals surface area contributed by atoms with Crippen molar-refractivity contribution in [2.45, 2.75) is 37.6 Å². The molecule has 1 aliphatic carbocycles. The fraction of sp³-hybridized carbons (Fsp3) is 0.571. The normalized spacial score (nSPS) is 16.4. The zero-order valence-corrected chi connectivity index (χ0v) is 14.3. The minimum absolute atomic E-state index is 0.319.